The Morgan fingerprint density at radius 2 is 1.63 bits per heavy atom. The summed E-state index contributed by atoms with van der Waals surface area (Å²) in [5.41, 5.74) is 1.18. The normalized spacial score (nSPS) is 16.5. The zero-order valence-electron chi connectivity index (χ0n) is 16.4. The number of nitrogens with one attached hydrogen (secondary N) is 1. The highest BCUT2D eigenvalue weighted by Gasteiger charge is 2.28. The fourth-order valence-electron chi connectivity index (χ4n) is 3.71. The number of hydrogen-bond acceptors (Lipinski definition) is 5. The molecule has 4 rings (SSSR count). The van der Waals surface area contributed by atoms with Gasteiger partial charge < -0.3 is 9.32 Å². The number of rotatable bonds is 7. The fraction of sp³-hybridized carbons (Fsp3) is 0.273. The molecule has 0 bridgehead atoms. The van der Waals surface area contributed by atoms with Gasteiger partial charge in [-0.15, -0.1) is 0 Å². The SMILES string of the molecule is O=S(=O)(NC[C@H](c1ccco1)N1CCN(c2ccccc2)CC1)c1ccc(F)cc1. The Morgan fingerprint density at radius 3 is 2.27 bits per heavy atom. The van der Waals surface area contributed by atoms with Gasteiger partial charge >= 0.3 is 0 Å². The molecule has 158 valence electrons. The Kier molecular flexibility index (Phi) is 6.17. The highest BCUT2D eigenvalue weighted by Crippen LogP contribution is 2.25. The number of nitrogens with zero attached hydrogens (tertiary/aromatic N) is 2. The molecule has 0 amide bonds. The molecule has 1 N–H and O–H groups in total. The van der Waals surface area contributed by atoms with Gasteiger partial charge in [0.05, 0.1) is 17.2 Å². The van der Waals surface area contributed by atoms with Gasteiger partial charge in [0.25, 0.3) is 0 Å². The molecule has 2 aromatic carbocycles. The van der Waals surface area contributed by atoms with E-state index in [1.165, 1.54) is 17.8 Å². The second-order valence-electron chi connectivity index (χ2n) is 7.20. The Bertz CT molecular complexity index is 1030. The third kappa shape index (κ3) is 4.72. The predicted molar refractivity (Wildman–Crippen MR) is 113 cm³/mol. The van der Waals surface area contributed by atoms with Crippen molar-refractivity contribution in [1.82, 2.24) is 9.62 Å². The highest BCUT2D eigenvalue weighted by molar-refractivity contribution is 7.89. The molecule has 1 saturated heterocycles. The van der Waals surface area contributed by atoms with Crippen LogP contribution < -0.4 is 9.62 Å². The van der Waals surface area contributed by atoms with E-state index in [4.69, 9.17) is 4.42 Å². The van der Waals surface area contributed by atoms with E-state index < -0.39 is 15.8 Å². The summed E-state index contributed by atoms with van der Waals surface area (Å²) in [5, 5.41) is 0. The topological polar surface area (TPSA) is 65.8 Å². The molecule has 1 aliphatic heterocycles. The van der Waals surface area contributed by atoms with Crippen molar-refractivity contribution in [3.05, 3.63) is 84.6 Å². The quantitative estimate of drug-likeness (QED) is 0.625. The molecule has 6 nitrogen and oxygen atoms in total. The summed E-state index contributed by atoms with van der Waals surface area (Å²) in [6.07, 6.45) is 1.59. The lowest BCUT2D eigenvalue weighted by Gasteiger charge is -2.39. The molecule has 0 saturated carbocycles. The smallest absolute Gasteiger partial charge is 0.240 e. The first kappa shape index (κ1) is 20.6. The minimum absolute atomic E-state index is 0.0380. The molecule has 30 heavy (non-hydrogen) atoms. The van der Waals surface area contributed by atoms with E-state index in [2.05, 4.69) is 26.7 Å². The van der Waals surface area contributed by atoms with Crippen molar-refractivity contribution >= 4 is 15.7 Å². The van der Waals surface area contributed by atoms with Crippen molar-refractivity contribution in [3.8, 4) is 0 Å². The van der Waals surface area contributed by atoms with Crippen LogP contribution in [-0.2, 0) is 10.0 Å². The Hall–Kier alpha value is -2.68. The molecular formula is C22H24FN3O3S. The van der Waals surface area contributed by atoms with Gasteiger partial charge in [0.15, 0.2) is 0 Å². The van der Waals surface area contributed by atoms with Gasteiger partial charge in [-0.3, -0.25) is 4.90 Å². The predicted octanol–water partition coefficient (Wildman–Crippen LogP) is 3.26. The molecule has 0 spiro atoms. The van der Waals surface area contributed by atoms with Crippen molar-refractivity contribution in [2.24, 2.45) is 0 Å². The minimum atomic E-state index is -3.75. The third-order valence-corrected chi connectivity index (χ3v) is 6.78. The molecule has 1 aliphatic rings. The number of para-hydroxylation sites is 1. The number of halogens is 1. The monoisotopic (exact) mass is 429 g/mol. The maximum Gasteiger partial charge on any atom is 0.240 e. The summed E-state index contributed by atoms with van der Waals surface area (Å²) in [5.74, 6) is 0.240. The lowest BCUT2D eigenvalue weighted by atomic mass is 10.1. The maximum atomic E-state index is 13.1. The molecule has 8 heteroatoms. The number of sulfonamides is 1. The van der Waals surface area contributed by atoms with Crippen molar-refractivity contribution in [1.29, 1.82) is 0 Å². The Balaban J connectivity index is 1.45. The molecule has 3 aromatic rings. The van der Waals surface area contributed by atoms with E-state index in [1.54, 1.807) is 12.3 Å². The van der Waals surface area contributed by atoms with E-state index in [9.17, 15) is 12.8 Å². The second-order valence-corrected chi connectivity index (χ2v) is 8.96. The van der Waals surface area contributed by atoms with Crippen LogP contribution in [0.1, 0.15) is 11.8 Å². The molecule has 0 unspecified atom stereocenters. The Morgan fingerprint density at radius 1 is 0.933 bits per heavy atom. The fourth-order valence-corrected chi connectivity index (χ4v) is 4.75. The number of piperazine rings is 1. The van der Waals surface area contributed by atoms with Crippen LogP contribution in [0.2, 0.25) is 0 Å². The largest absolute Gasteiger partial charge is 0.468 e. The van der Waals surface area contributed by atoms with Crippen LogP contribution >= 0.6 is 0 Å². The molecule has 1 atom stereocenters. The first-order valence-electron chi connectivity index (χ1n) is 9.85. The molecular weight excluding hydrogens is 405 g/mol. The third-order valence-electron chi connectivity index (χ3n) is 5.34. The van der Waals surface area contributed by atoms with Crippen molar-refractivity contribution in [2.45, 2.75) is 10.9 Å². The average molecular weight is 430 g/mol. The van der Waals surface area contributed by atoms with Gasteiger partial charge in [-0.1, -0.05) is 18.2 Å². The zero-order chi connectivity index (χ0) is 21.0. The second kappa shape index (κ2) is 8.99. The number of furan rings is 1. The molecule has 1 fully saturated rings. The highest BCUT2D eigenvalue weighted by atomic mass is 32.2. The lowest BCUT2D eigenvalue weighted by Crippen LogP contribution is -2.49. The van der Waals surface area contributed by atoms with Gasteiger partial charge in [0.2, 0.25) is 10.0 Å². The Labute approximate surface area is 176 Å². The number of hydrogen-bond donors (Lipinski definition) is 1. The molecule has 1 aromatic heterocycles. The van der Waals surface area contributed by atoms with Crippen molar-refractivity contribution in [3.63, 3.8) is 0 Å². The molecule has 0 radical (unpaired) electrons. The first-order chi connectivity index (χ1) is 14.5. The van der Waals surface area contributed by atoms with Crippen LogP contribution in [0.15, 0.2) is 82.3 Å². The maximum absolute atomic E-state index is 13.1. The van der Waals surface area contributed by atoms with E-state index in [0.717, 1.165) is 38.3 Å². The van der Waals surface area contributed by atoms with E-state index in [0.29, 0.717) is 5.76 Å². The summed E-state index contributed by atoms with van der Waals surface area (Å²) >= 11 is 0. The van der Waals surface area contributed by atoms with Gasteiger partial charge in [0, 0.05) is 38.4 Å². The molecule has 2 heterocycles. The minimum Gasteiger partial charge on any atom is -0.468 e. The standard InChI is InChI=1S/C22H24FN3O3S/c23-18-8-10-20(11-9-18)30(27,28)24-17-21(22-7-4-16-29-22)26-14-12-25(13-15-26)19-5-2-1-3-6-19/h1-11,16,21,24H,12-15,17H2/t21-/m1/s1. The van der Waals surface area contributed by atoms with Gasteiger partial charge in [0.1, 0.15) is 11.6 Å². The average Bonchev–Trinajstić information content (AvgIpc) is 3.30. The summed E-state index contributed by atoms with van der Waals surface area (Å²) in [7, 11) is -3.75. The summed E-state index contributed by atoms with van der Waals surface area (Å²) in [6, 6.07) is 18.5. The summed E-state index contributed by atoms with van der Waals surface area (Å²) in [4.78, 5) is 4.58. The van der Waals surface area contributed by atoms with E-state index in [1.807, 2.05) is 24.3 Å². The number of benzene rings is 2. The molecule has 0 aliphatic carbocycles. The van der Waals surface area contributed by atoms with Gasteiger partial charge in [-0.2, -0.15) is 0 Å². The van der Waals surface area contributed by atoms with Gasteiger partial charge in [-0.05, 0) is 48.5 Å². The van der Waals surface area contributed by atoms with Crippen molar-refractivity contribution in [2.75, 3.05) is 37.6 Å². The van der Waals surface area contributed by atoms with Crippen LogP contribution in [0, 0.1) is 5.82 Å². The lowest BCUT2D eigenvalue weighted by molar-refractivity contribution is 0.166. The van der Waals surface area contributed by atoms with Crippen LogP contribution in [0.5, 0.6) is 0 Å². The van der Waals surface area contributed by atoms with Crippen LogP contribution in [0.3, 0.4) is 0 Å². The summed E-state index contributed by atoms with van der Waals surface area (Å²) in [6.45, 7) is 3.40. The summed E-state index contributed by atoms with van der Waals surface area (Å²) < 4.78 is 46.7. The zero-order valence-corrected chi connectivity index (χ0v) is 17.3. The van der Waals surface area contributed by atoms with Crippen LogP contribution in [-0.4, -0.2) is 46.0 Å². The first-order valence-corrected chi connectivity index (χ1v) is 11.3. The van der Waals surface area contributed by atoms with E-state index in [-0.39, 0.29) is 17.5 Å². The van der Waals surface area contributed by atoms with E-state index >= 15 is 0 Å². The van der Waals surface area contributed by atoms with Crippen molar-refractivity contribution < 1.29 is 17.2 Å². The van der Waals surface area contributed by atoms with Crippen LogP contribution in [0.4, 0.5) is 10.1 Å². The number of anilines is 1. The van der Waals surface area contributed by atoms with Gasteiger partial charge in [-0.25, -0.2) is 17.5 Å². The van der Waals surface area contributed by atoms with Crippen LogP contribution in [0.25, 0.3) is 0 Å².